The summed E-state index contributed by atoms with van der Waals surface area (Å²) in [7, 11) is -3.67. The number of sulfonamides is 1. The Morgan fingerprint density at radius 3 is 2.23 bits per heavy atom. The second-order valence-corrected chi connectivity index (χ2v) is 9.78. The molecule has 0 aliphatic carbocycles. The van der Waals surface area contributed by atoms with Crippen molar-refractivity contribution in [3.8, 4) is 0 Å². The average molecular weight is 480 g/mol. The number of thioether (sulfide) groups is 1. The van der Waals surface area contributed by atoms with Gasteiger partial charge in [-0.3, -0.25) is 4.79 Å². The van der Waals surface area contributed by atoms with Gasteiger partial charge in [0.1, 0.15) is 0 Å². The first-order chi connectivity index (χ1) is 14.1. The van der Waals surface area contributed by atoms with Gasteiger partial charge in [0.15, 0.2) is 0 Å². The average Bonchev–Trinajstić information content (AvgIpc) is 2.72. The van der Waals surface area contributed by atoms with Gasteiger partial charge in [0, 0.05) is 37.4 Å². The zero-order valence-corrected chi connectivity index (χ0v) is 17.9. The fraction of sp³-hybridized carbons (Fsp3) is 0.333. The van der Waals surface area contributed by atoms with Crippen LogP contribution in [0.25, 0.3) is 0 Å². The molecule has 30 heavy (non-hydrogen) atoms. The number of pyridine rings is 1. The largest absolute Gasteiger partial charge is 0.417 e. The van der Waals surface area contributed by atoms with Crippen LogP contribution in [-0.2, 0) is 21.0 Å². The van der Waals surface area contributed by atoms with E-state index in [0.717, 1.165) is 24.0 Å². The Morgan fingerprint density at radius 2 is 1.70 bits per heavy atom. The molecule has 1 amide bonds. The van der Waals surface area contributed by atoms with Crippen LogP contribution >= 0.6 is 23.4 Å². The van der Waals surface area contributed by atoms with Crippen molar-refractivity contribution < 1.29 is 26.4 Å². The summed E-state index contributed by atoms with van der Waals surface area (Å²) in [6.07, 6.45) is -3.73. The highest BCUT2D eigenvalue weighted by Gasteiger charge is 2.31. The molecule has 6 nitrogen and oxygen atoms in total. The van der Waals surface area contributed by atoms with Gasteiger partial charge in [-0.25, -0.2) is 13.4 Å². The lowest BCUT2D eigenvalue weighted by atomic mass is 10.3. The number of amides is 1. The maximum Gasteiger partial charge on any atom is 0.417 e. The van der Waals surface area contributed by atoms with Gasteiger partial charge in [0.25, 0.3) is 0 Å². The number of halogens is 4. The SMILES string of the molecule is O=C(CSc1ccc(C(F)(F)F)cn1)N1CCN(S(=O)(=O)c2ccc(Cl)cc2)CC1. The first-order valence-electron chi connectivity index (χ1n) is 8.77. The van der Waals surface area contributed by atoms with Crippen molar-refractivity contribution in [3.05, 3.63) is 53.2 Å². The van der Waals surface area contributed by atoms with E-state index < -0.39 is 21.8 Å². The highest BCUT2D eigenvalue weighted by atomic mass is 35.5. The number of nitrogens with zero attached hydrogens (tertiary/aromatic N) is 3. The Balaban J connectivity index is 1.52. The molecule has 0 radical (unpaired) electrons. The topological polar surface area (TPSA) is 70.6 Å². The fourth-order valence-corrected chi connectivity index (χ4v) is 5.09. The lowest BCUT2D eigenvalue weighted by molar-refractivity contribution is -0.138. The maximum atomic E-state index is 12.7. The van der Waals surface area contributed by atoms with Crippen LogP contribution in [0.15, 0.2) is 52.5 Å². The minimum Gasteiger partial charge on any atom is -0.339 e. The molecule has 1 saturated heterocycles. The Kier molecular flexibility index (Phi) is 6.95. The van der Waals surface area contributed by atoms with Crippen molar-refractivity contribution >= 4 is 39.3 Å². The molecule has 2 aromatic rings. The van der Waals surface area contributed by atoms with Crippen LogP contribution < -0.4 is 0 Å². The van der Waals surface area contributed by atoms with Gasteiger partial charge < -0.3 is 4.90 Å². The highest BCUT2D eigenvalue weighted by molar-refractivity contribution is 7.99. The normalized spacial score (nSPS) is 15.9. The minimum atomic E-state index is -4.46. The predicted molar refractivity (Wildman–Crippen MR) is 107 cm³/mol. The van der Waals surface area contributed by atoms with E-state index in [2.05, 4.69) is 4.98 Å². The third-order valence-electron chi connectivity index (χ3n) is 4.45. The second-order valence-electron chi connectivity index (χ2n) is 6.41. The molecule has 0 spiro atoms. The molecule has 1 aromatic carbocycles. The van der Waals surface area contributed by atoms with Gasteiger partial charge in [0.05, 0.1) is 21.2 Å². The van der Waals surface area contributed by atoms with Gasteiger partial charge in [-0.1, -0.05) is 23.4 Å². The number of carbonyl (C=O) groups excluding carboxylic acids is 1. The van der Waals surface area contributed by atoms with Gasteiger partial charge in [0.2, 0.25) is 15.9 Å². The molecule has 0 atom stereocenters. The van der Waals surface area contributed by atoms with Crippen LogP contribution in [-0.4, -0.2) is 60.4 Å². The second kappa shape index (κ2) is 9.13. The lowest BCUT2D eigenvalue weighted by Gasteiger charge is -2.34. The molecule has 3 rings (SSSR count). The number of hydrogen-bond acceptors (Lipinski definition) is 5. The monoisotopic (exact) mass is 479 g/mol. The van der Waals surface area contributed by atoms with Crippen LogP contribution in [0.4, 0.5) is 13.2 Å². The van der Waals surface area contributed by atoms with E-state index in [1.807, 2.05) is 0 Å². The summed E-state index contributed by atoms with van der Waals surface area (Å²) in [5.41, 5.74) is -0.851. The number of rotatable bonds is 5. The van der Waals surface area contributed by atoms with Crippen molar-refractivity contribution in [2.75, 3.05) is 31.9 Å². The Morgan fingerprint density at radius 1 is 1.07 bits per heavy atom. The number of alkyl halides is 3. The lowest BCUT2D eigenvalue weighted by Crippen LogP contribution is -2.50. The van der Waals surface area contributed by atoms with Crippen molar-refractivity contribution in [1.29, 1.82) is 0 Å². The van der Waals surface area contributed by atoms with Crippen molar-refractivity contribution in [3.63, 3.8) is 0 Å². The third-order valence-corrected chi connectivity index (χ3v) is 7.54. The molecule has 1 aliphatic heterocycles. The summed E-state index contributed by atoms with van der Waals surface area (Å²) in [5, 5.41) is 0.740. The van der Waals surface area contributed by atoms with Crippen molar-refractivity contribution in [2.45, 2.75) is 16.1 Å². The number of piperazine rings is 1. The molecular weight excluding hydrogens is 463 g/mol. The zero-order valence-electron chi connectivity index (χ0n) is 15.5. The number of hydrogen-bond donors (Lipinski definition) is 0. The highest BCUT2D eigenvalue weighted by Crippen LogP contribution is 2.29. The number of benzene rings is 1. The van der Waals surface area contributed by atoms with E-state index in [4.69, 9.17) is 11.6 Å². The number of aromatic nitrogens is 1. The van der Waals surface area contributed by atoms with Crippen LogP contribution in [0.5, 0.6) is 0 Å². The third kappa shape index (κ3) is 5.45. The van der Waals surface area contributed by atoms with Gasteiger partial charge in [-0.05, 0) is 36.4 Å². The molecule has 162 valence electrons. The van der Waals surface area contributed by atoms with Crippen LogP contribution in [0, 0.1) is 0 Å². The van der Waals surface area contributed by atoms with Gasteiger partial charge >= 0.3 is 6.18 Å². The van der Waals surface area contributed by atoms with Crippen LogP contribution in [0.2, 0.25) is 5.02 Å². The molecule has 1 aromatic heterocycles. The van der Waals surface area contributed by atoms with E-state index in [0.29, 0.717) is 10.0 Å². The minimum absolute atomic E-state index is 0.00228. The van der Waals surface area contributed by atoms with Gasteiger partial charge in [-0.2, -0.15) is 17.5 Å². The molecule has 12 heteroatoms. The van der Waals surface area contributed by atoms with Crippen molar-refractivity contribution in [2.24, 2.45) is 0 Å². The maximum absolute atomic E-state index is 12.7. The first-order valence-corrected chi connectivity index (χ1v) is 11.6. The summed E-state index contributed by atoms with van der Waals surface area (Å²) in [6.45, 7) is 0.763. The molecule has 0 saturated carbocycles. The molecule has 2 heterocycles. The molecule has 1 fully saturated rings. The molecule has 0 unspecified atom stereocenters. The standard InChI is InChI=1S/C18H17ClF3N3O3S2/c19-14-2-4-15(5-3-14)30(27,28)25-9-7-24(8-10-25)17(26)12-29-16-6-1-13(11-23-16)18(20,21)22/h1-6,11H,7-10,12H2. The van der Waals surface area contributed by atoms with E-state index in [1.165, 1.54) is 39.5 Å². The molecule has 0 N–H and O–H groups in total. The summed E-state index contributed by atoms with van der Waals surface area (Å²) in [5.74, 6) is -0.229. The van der Waals surface area contributed by atoms with Crippen molar-refractivity contribution in [1.82, 2.24) is 14.2 Å². The zero-order chi connectivity index (χ0) is 21.9. The Bertz CT molecular complexity index is 992. The van der Waals surface area contributed by atoms with Gasteiger partial charge in [-0.15, -0.1) is 0 Å². The molecule has 1 aliphatic rings. The summed E-state index contributed by atoms with van der Waals surface area (Å²) >= 11 is 6.83. The summed E-state index contributed by atoms with van der Waals surface area (Å²) in [4.78, 5) is 17.8. The molecule has 0 bridgehead atoms. The van der Waals surface area contributed by atoms with E-state index in [9.17, 15) is 26.4 Å². The molecular formula is C18H17ClF3N3O3S2. The smallest absolute Gasteiger partial charge is 0.339 e. The van der Waals surface area contributed by atoms with Crippen LogP contribution in [0.1, 0.15) is 5.56 Å². The quantitative estimate of drug-likeness (QED) is 0.615. The van der Waals surface area contributed by atoms with E-state index in [-0.39, 0.29) is 42.7 Å². The summed E-state index contributed by atoms with van der Waals surface area (Å²) in [6, 6.07) is 8.00. The first kappa shape index (κ1) is 22.9. The fourth-order valence-electron chi connectivity index (χ4n) is 2.79. The number of carbonyl (C=O) groups is 1. The Labute approximate surface area is 181 Å². The van der Waals surface area contributed by atoms with E-state index in [1.54, 1.807) is 0 Å². The predicted octanol–water partition coefficient (Wildman–Crippen LogP) is 3.38. The van der Waals surface area contributed by atoms with Crippen LogP contribution in [0.3, 0.4) is 0 Å². The van der Waals surface area contributed by atoms with E-state index >= 15 is 0 Å². The Hall–Kier alpha value is -1.82. The summed E-state index contributed by atoms with van der Waals surface area (Å²) < 4.78 is 64.3.